The van der Waals surface area contributed by atoms with Gasteiger partial charge in [-0.25, -0.2) is 4.79 Å². The number of aromatic amines is 1. The number of hydrogen-bond acceptors (Lipinski definition) is 5. The van der Waals surface area contributed by atoms with E-state index in [-0.39, 0.29) is 18.7 Å². The Kier molecular flexibility index (Phi) is 3.45. The Hall–Kier alpha value is -2.12. The molecule has 1 heterocycles. The molecule has 0 saturated carbocycles. The lowest BCUT2D eigenvalue weighted by molar-refractivity contribution is 0.0699. The molecule has 0 radical (unpaired) electrons. The van der Waals surface area contributed by atoms with Crippen molar-refractivity contribution in [2.75, 3.05) is 18.5 Å². The Morgan fingerprint density at radius 3 is 2.94 bits per heavy atom. The van der Waals surface area contributed by atoms with Crippen molar-refractivity contribution in [3.8, 4) is 0 Å². The summed E-state index contributed by atoms with van der Waals surface area (Å²) in [7, 11) is 0. The summed E-state index contributed by atoms with van der Waals surface area (Å²) < 4.78 is 0. The number of hydrogen-bond donors (Lipinski definition) is 5. The Balaban J connectivity index is 2.31. The average Bonchev–Trinajstić information content (AvgIpc) is 2.82. The summed E-state index contributed by atoms with van der Waals surface area (Å²) in [6, 6.07) is 3.17. The molecule has 5 N–H and O–H groups in total. The lowest BCUT2D eigenvalue weighted by atomic mass is 10.1. The molecule has 1 aromatic heterocycles. The number of aliphatic hydroxyl groups is 2. The van der Waals surface area contributed by atoms with E-state index in [0.717, 1.165) is 0 Å². The minimum absolute atomic E-state index is 0.103. The molecule has 96 valence electrons. The Bertz CT molecular complexity index is 566. The third kappa shape index (κ3) is 2.41. The van der Waals surface area contributed by atoms with Crippen LogP contribution in [0.15, 0.2) is 18.3 Å². The molecule has 1 aromatic carbocycles. The number of carboxylic acids is 1. The highest BCUT2D eigenvalue weighted by atomic mass is 16.4. The number of H-pyrrole nitrogens is 1. The van der Waals surface area contributed by atoms with Crippen LogP contribution in [0.2, 0.25) is 0 Å². The van der Waals surface area contributed by atoms with Gasteiger partial charge in [-0.1, -0.05) is 0 Å². The highest BCUT2D eigenvalue weighted by molar-refractivity contribution is 6.03. The second-order valence-electron chi connectivity index (χ2n) is 3.88. The van der Waals surface area contributed by atoms with Gasteiger partial charge in [0.25, 0.3) is 0 Å². The Morgan fingerprint density at radius 1 is 1.50 bits per heavy atom. The minimum atomic E-state index is -1.06. The van der Waals surface area contributed by atoms with Crippen molar-refractivity contribution in [2.24, 2.45) is 0 Å². The molecule has 7 heteroatoms. The highest BCUT2D eigenvalue weighted by Gasteiger charge is 2.12. The van der Waals surface area contributed by atoms with Crippen LogP contribution < -0.4 is 5.32 Å². The maximum atomic E-state index is 11.1. The standard InChI is InChI=1S/C11H13N3O4/c15-5-8(16)4-12-7-1-6-3-13-14-10(6)9(2-7)11(17)18/h1-3,8,12,15-16H,4-5H2,(H,13,14)(H,17,18). The van der Waals surface area contributed by atoms with Gasteiger partial charge in [0.15, 0.2) is 0 Å². The minimum Gasteiger partial charge on any atom is -0.478 e. The zero-order valence-electron chi connectivity index (χ0n) is 9.42. The van der Waals surface area contributed by atoms with Crippen molar-refractivity contribution in [1.29, 1.82) is 0 Å². The summed E-state index contributed by atoms with van der Waals surface area (Å²) >= 11 is 0. The summed E-state index contributed by atoms with van der Waals surface area (Å²) in [6.07, 6.45) is 0.633. The van der Waals surface area contributed by atoms with Crippen LogP contribution in [0.4, 0.5) is 5.69 Å². The number of benzene rings is 1. The van der Waals surface area contributed by atoms with Gasteiger partial charge < -0.3 is 20.6 Å². The van der Waals surface area contributed by atoms with Crippen molar-refractivity contribution in [2.45, 2.75) is 6.10 Å². The fourth-order valence-electron chi connectivity index (χ4n) is 1.63. The fraction of sp³-hybridized carbons (Fsp3) is 0.273. The Morgan fingerprint density at radius 2 is 2.28 bits per heavy atom. The first kappa shape index (κ1) is 12.3. The molecule has 0 spiro atoms. The maximum Gasteiger partial charge on any atom is 0.337 e. The van der Waals surface area contributed by atoms with Crippen LogP contribution in [0.5, 0.6) is 0 Å². The van der Waals surface area contributed by atoms with E-state index in [1.807, 2.05) is 0 Å². The topological polar surface area (TPSA) is 118 Å². The van der Waals surface area contributed by atoms with Gasteiger partial charge in [-0.3, -0.25) is 5.10 Å². The van der Waals surface area contributed by atoms with Gasteiger partial charge in [-0.2, -0.15) is 5.10 Å². The second kappa shape index (κ2) is 5.03. The molecule has 7 nitrogen and oxygen atoms in total. The van der Waals surface area contributed by atoms with Crippen molar-refractivity contribution >= 4 is 22.6 Å². The lowest BCUT2D eigenvalue weighted by Gasteiger charge is -2.11. The summed E-state index contributed by atoms with van der Waals surface area (Å²) in [4.78, 5) is 11.1. The fourth-order valence-corrected chi connectivity index (χ4v) is 1.63. The molecule has 18 heavy (non-hydrogen) atoms. The van der Waals surface area contributed by atoms with Crippen molar-refractivity contribution in [3.63, 3.8) is 0 Å². The van der Waals surface area contributed by atoms with Gasteiger partial charge in [-0.05, 0) is 12.1 Å². The molecule has 2 aromatic rings. The number of carbonyl (C=O) groups is 1. The van der Waals surface area contributed by atoms with Gasteiger partial charge in [0.2, 0.25) is 0 Å². The zero-order valence-corrected chi connectivity index (χ0v) is 9.42. The number of aromatic carboxylic acids is 1. The van der Waals surface area contributed by atoms with Crippen LogP contribution in [-0.2, 0) is 0 Å². The maximum absolute atomic E-state index is 11.1. The Labute approximate surface area is 102 Å². The van der Waals surface area contributed by atoms with Crippen molar-refractivity contribution < 1.29 is 20.1 Å². The molecule has 0 saturated heterocycles. The largest absolute Gasteiger partial charge is 0.478 e. The lowest BCUT2D eigenvalue weighted by Crippen LogP contribution is -2.23. The second-order valence-corrected chi connectivity index (χ2v) is 3.88. The van der Waals surface area contributed by atoms with E-state index in [1.54, 1.807) is 6.07 Å². The van der Waals surface area contributed by atoms with E-state index < -0.39 is 12.1 Å². The number of anilines is 1. The van der Waals surface area contributed by atoms with Crippen LogP contribution in [-0.4, -0.2) is 50.7 Å². The predicted molar refractivity (Wildman–Crippen MR) is 64.6 cm³/mol. The van der Waals surface area contributed by atoms with Crippen LogP contribution in [0, 0.1) is 0 Å². The molecular formula is C11H13N3O4. The van der Waals surface area contributed by atoms with Crippen LogP contribution in [0.25, 0.3) is 10.9 Å². The normalized spacial score (nSPS) is 12.6. The van der Waals surface area contributed by atoms with Gasteiger partial charge in [0, 0.05) is 17.6 Å². The molecule has 0 bridgehead atoms. The summed E-state index contributed by atoms with van der Waals surface area (Å²) in [5, 5.41) is 36.9. The highest BCUT2D eigenvalue weighted by Crippen LogP contribution is 2.22. The van der Waals surface area contributed by atoms with E-state index in [0.29, 0.717) is 16.6 Å². The number of aromatic nitrogens is 2. The third-order valence-corrected chi connectivity index (χ3v) is 2.53. The molecule has 0 aliphatic carbocycles. The van der Waals surface area contributed by atoms with Crippen molar-refractivity contribution in [3.05, 3.63) is 23.9 Å². The first-order chi connectivity index (χ1) is 8.61. The van der Waals surface area contributed by atoms with Crippen LogP contribution in [0.3, 0.4) is 0 Å². The number of aliphatic hydroxyl groups excluding tert-OH is 2. The van der Waals surface area contributed by atoms with Crippen LogP contribution >= 0.6 is 0 Å². The number of nitrogens with zero attached hydrogens (tertiary/aromatic N) is 1. The summed E-state index contributed by atoms with van der Waals surface area (Å²) in [6.45, 7) is -0.217. The molecule has 2 rings (SSSR count). The molecule has 0 amide bonds. The van der Waals surface area contributed by atoms with Gasteiger partial charge >= 0.3 is 5.97 Å². The summed E-state index contributed by atoms with van der Waals surface area (Å²) in [5.74, 6) is -1.06. The average molecular weight is 251 g/mol. The van der Waals surface area contributed by atoms with E-state index in [4.69, 9.17) is 10.2 Å². The SMILES string of the molecule is O=C(O)c1cc(NCC(O)CO)cc2cn[nH]c12. The van der Waals surface area contributed by atoms with Gasteiger partial charge in [0.1, 0.15) is 0 Å². The smallest absolute Gasteiger partial charge is 0.337 e. The third-order valence-electron chi connectivity index (χ3n) is 2.53. The number of carboxylic acid groups (broad SMARTS) is 1. The molecule has 0 aliphatic heterocycles. The number of fused-ring (bicyclic) bond motifs is 1. The van der Waals surface area contributed by atoms with Crippen LogP contribution in [0.1, 0.15) is 10.4 Å². The van der Waals surface area contributed by atoms with E-state index in [9.17, 15) is 9.90 Å². The summed E-state index contributed by atoms with van der Waals surface area (Å²) in [5.41, 5.74) is 1.11. The predicted octanol–water partition coefficient (Wildman–Crippen LogP) is 0.0262. The van der Waals surface area contributed by atoms with E-state index >= 15 is 0 Å². The quantitative estimate of drug-likeness (QED) is 0.511. The molecule has 1 atom stereocenters. The van der Waals surface area contributed by atoms with Crippen molar-refractivity contribution in [1.82, 2.24) is 10.2 Å². The van der Waals surface area contributed by atoms with Gasteiger partial charge in [-0.15, -0.1) is 0 Å². The van der Waals surface area contributed by atoms with E-state index in [2.05, 4.69) is 15.5 Å². The number of nitrogens with one attached hydrogen (secondary N) is 2. The molecule has 0 aliphatic rings. The first-order valence-electron chi connectivity index (χ1n) is 5.35. The van der Waals surface area contributed by atoms with Gasteiger partial charge in [0.05, 0.1) is 30.0 Å². The molecule has 1 unspecified atom stereocenters. The van der Waals surface area contributed by atoms with E-state index in [1.165, 1.54) is 12.3 Å². The first-order valence-corrected chi connectivity index (χ1v) is 5.35. The molecule has 0 fully saturated rings. The number of rotatable bonds is 5. The monoisotopic (exact) mass is 251 g/mol. The zero-order chi connectivity index (χ0) is 13.1. The molecular weight excluding hydrogens is 238 g/mol.